The van der Waals surface area contributed by atoms with E-state index in [1.165, 1.54) is 0 Å². The molecule has 29 heavy (non-hydrogen) atoms. The van der Waals surface area contributed by atoms with Gasteiger partial charge in [-0.1, -0.05) is 0 Å². The van der Waals surface area contributed by atoms with Gasteiger partial charge in [0.05, 0.1) is 5.82 Å². The lowest BCUT2D eigenvalue weighted by molar-refractivity contribution is 0.0981. The van der Waals surface area contributed by atoms with Crippen molar-refractivity contribution in [1.29, 1.82) is 0 Å². The van der Waals surface area contributed by atoms with E-state index in [1.807, 2.05) is 25.3 Å². The second-order valence-corrected chi connectivity index (χ2v) is 9.37. The second-order valence-electron chi connectivity index (χ2n) is 9.37. The minimum absolute atomic E-state index is 0.0424. The van der Waals surface area contributed by atoms with Crippen LogP contribution in [0.1, 0.15) is 46.1 Å². The Kier molecular flexibility index (Phi) is 5.50. The Morgan fingerprint density at radius 2 is 1.79 bits per heavy atom. The molecule has 2 heterocycles. The van der Waals surface area contributed by atoms with Gasteiger partial charge in [-0.15, -0.1) is 0 Å². The largest absolute Gasteiger partial charge is 0.507 e. The van der Waals surface area contributed by atoms with Crippen molar-refractivity contribution in [3.05, 3.63) is 54.1 Å². The lowest BCUT2D eigenvalue weighted by Gasteiger charge is -2.49. The van der Waals surface area contributed by atoms with Crippen LogP contribution < -0.4 is 16.8 Å². The number of aromatic hydroxyl groups is 1. The van der Waals surface area contributed by atoms with Crippen LogP contribution >= 0.6 is 0 Å². The monoisotopic (exact) mass is 395 g/mol. The molecule has 6 heteroatoms. The summed E-state index contributed by atoms with van der Waals surface area (Å²) in [4.78, 5) is 6.25. The van der Waals surface area contributed by atoms with E-state index in [-0.39, 0.29) is 16.8 Å². The van der Waals surface area contributed by atoms with Crippen molar-refractivity contribution >= 4 is 16.5 Å². The minimum Gasteiger partial charge on any atom is -0.507 e. The van der Waals surface area contributed by atoms with Gasteiger partial charge in [0.25, 0.3) is 0 Å². The molecule has 1 aliphatic rings. The first-order valence-corrected chi connectivity index (χ1v) is 10.00. The van der Waals surface area contributed by atoms with Crippen LogP contribution in [-0.4, -0.2) is 39.2 Å². The maximum Gasteiger partial charge on any atom is 0.125 e. The summed E-state index contributed by atoms with van der Waals surface area (Å²) in [6.07, 6.45) is 9.01. The number of nitrogens with zero attached hydrogens (tertiary/aromatic N) is 2. The molecular formula is C23H33N5O. The van der Waals surface area contributed by atoms with Crippen molar-refractivity contribution < 1.29 is 5.11 Å². The zero-order chi connectivity index (χ0) is 21.4. The molecule has 0 amide bonds. The molecule has 0 aliphatic carbocycles. The zero-order valence-corrected chi connectivity index (χ0v) is 18.0. The minimum atomic E-state index is 0.0424. The Morgan fingerprint density at radius 1 is 1.14 bits per heavy atom. The molecule has 6 N–H and O–H groups in total. The number of rotatable bonds is 4. The van der Waals surface area contributed by atoms with Gasteiger partial charge in [-0.3, -0.25) is 4.98 Å². The fourth-order valence-electron chi connectivity index (χ4n) is 4.49. The number of phenols is 1. The van der Waals surface area contributed by atoms with Crippen LogP contribution in [0, 0.1) is 0 Å². The van der Waals surface area contributed by atoms with E-state index in [4.69, 9.17) is 11.5 Å². The third-order valence-corrected chi connectivity index (χ3v) is 5.62. The van der Waals surface area contributed by atoms with Crippen LogP contribution in [-0.2, 0) is 0 Å². The average Bonchev–Trinajstić information content (AvgIpc) is 2.62. The van der Waals surface area contributed by atoms with E-state index in [9.17, 15) is 5.11 Å². The predicted octanol–water partition coefficient (Wildman–Crippen LogP) is 3.28. The molecule has 0 spiro atoms. The van der Waals surface area contributed by atoms with Crippen molar-refractivity contribution in [1.82, 2.24) is 15.2 Å². The normalized spacial score (nSPS) is 20.0. The molecule has 0 saturated carbocycles. The summed E-state index contributed by atoms with van der Waals surface area (Å²) < 4.78 is 0. The maximum atomic E-state index is 10.4. The summed E-state index contributed by atoms with van der Waals surface area (Å²) >= 11 is 0. The second kappa shape index (κ2) is 7.59. The molecule has 3 rings (SSSR count). The molecule has 6 nitrogen and oxygen atoms in total. The van der Waals surface area contributed by atoms with E-state index in [0.717, 1.165) is 23.6 Å². The third-order valence-electron chi connectivity index (χ3n) is 5.62. The molecule has 0 bridgehead atoms. The van der Waals surface area contributed by atoms with Crippen LogP contribution in [0.15, 0.2) is 48.6 Å². The standard InChI is InChI=1S/C23H33N5O/c1-22(2)12-17(13-23(3,4)27-22)28(5)21(25)7-6-19(24)18-10-16-14-26-9-8-15(16)11-20(18)29/h6-11,14,17,27,29H,12-13,24-25H2,1-5H3/b19-6-,21-7+. The summed E-state index contributed by atoms with van der Waals surface area (Å²) in [5, 5.41) is 15.9. The van der Waals surface area contributed by atoms with Gasteiger partial charge < -0.3 is 26.8 Å². The van der Waals surface area contributed by atoms with Crippen molar-refractivity contribution in [3.63, 3.8) is 0 Å². The smallest absolute Gasteiger partial charge is 0.125 e. The summed E-state index contributed by atoms with van der Waals surface area (Å²) in [5.41, 5.74) is 13.7. The Morgan fingerprint density at radius 3 is 2.45 bits per heavy atom. The Labute approximate surface area is 173 Å². The van der Waals surface area contributed by atoms with Crippen molar-refractivity contribution in [3.8, 4) is 5.75 Å². The predicted molar refractivity (Wildman–Crippen MR) is 120 cm³/mol. The highest BCUT2D eigenvalue weighted by Gasteiger charge is 2.39. The SMILES string of the molecule is CN(/C(N)=C/C=C(\N)c1cc2cnccc2cc1O)C1CC(C)(C)NC(C)(C)C1. The topological polar surface area (TPSA) is 100 Å². The number of hydrogen-bond donors (Lipinski definition) is 4. The number of hydrogen-bond acceptors (Lipinski definition) is 6. The highest BCUT2D eigenvalue weighted by Crippen LogP contribution is 2.32. The fraction of sp³-hybridized carbons (Fsp3) is 0.435. The third kappa shape index (κ3) is 4.82. The number of pyridine rings is 1. The highest BCUT2D eigenvalue weighted by molar-refractivity contribution is 5.88. The number of fused-ring (bicyclic) bond motifs is 1. The molecule has 1 aromatic heterocycles. The molecule has 156 valence electrons. The van der Waals surface area contributed by atoms with Gasteiger partial charge in [0, 0.05) is 53.2 Å². The van der Waals surface area contributed by atoms with Crippen molar-refractivity contribution in [2.45, 2.75) is 57.7 Å². The molecule has 1 saturated heterocycles. The summed E-state index contributed by atoms with van der Waals surface area (Å²) in [7, 11) is 2.02. The van der Waals surface area contributed by atoms with Gasteiger partial charge in [-0.25, -0.2) is 0 Å². The summed E-state index contributed by atoms with van der Waals surface area (Å²) in [6, 6.07) is 5.72. The number of allylic oxidation sites excluding steroid dienone is 2. The lowest BCUT2D eigenvalue weighted by atomic mass is 9.79. The molecule has 0 atom stereocenters. The average molecular weight is 396 g/mol. The fourth-order valence-corrected chi connectivity index (χ4v) is 4.49. The number of nitrogens with two attached hydrogens (primary N) is 2. The van der Waals surface area contributed by atoms with Crippen molar-refractivity contribution in [2.24, 2.45) is 11.5 Å². The van der Waals surface area contributed by atoms with Gasteiger partial charge in [-0.05, 0) is 76.3 Å². The Bertz CT molecular complexity index is 945. The first-order valence-electron chi connectivity index (χ1n) is 10.00. The van der Waals surface area contributed by atoms with Crippen LogP contribution in [0.2, 0.25) is 0 Å². The number of nitrogens with one attached hydrogen (secondary N) is 1. The highest BCUT2D eigenvalue weighted by atomic mass is 16.3. The number of aromatic nitrogens is 1. The molecular weight excluding hydrogens is 362 g/mol. The molecule has 1 fully saturated rings. The van der Waals surface area contributed by atoms with Crippen LogP contribution in [0.5, 0.6) is 5.75 Å². The quantitative estimate of drug-likeness (QED) is 0.593. The number of piperidine rings is 1. The summed E-state index contributed by atoms with van der Waals surface area (Å²) in [6.45, 7) is 8.90. The van der Waals surface area contributed by atoms with Gasteiger partial charge in [0.2, 0.25) is 0 Å². The Hall–Kier alpha value is -2.73. The number of phenolic OH excluding ortho intramolecular Hbond substituents is 1. The van der Waals surface area contributed by atoms with E-state index < -0.39 is 0 Å². The van der Waals surface area contributed by atoms with Gasteiger partial charge in [0.15, 0.2) is 0 Å². The van der Waals surface area contributed by atoms with E-state index >= 15 is 0 Å². The Balaban J connectivity index is 1.82. The van der Waals surface area contributed by atoms with Gasteiger partial charge in [0.1, 0.15) is 5.75 Å². The maximum absolute atomic E-state index is 10.4. The van der Waals surface area contributed by atoms with E-state index in [2.05, 4.69) is 42.9 Å². The summed E-state index contributed by atoms with van der Waals surface area (Å²) in [5.74, 6) is 0.785. The molecule has 0 radical (unpaired) electrons. The van der Waals surface area contributed by atoms with Crippen LogP contribution in [0.25, 0.3) is 16.5 Å². The molecule has 1 aliphatic heterocycles. The molecule has 1 aromatic carbocycles. The zero-order valence-electron chi connectivity index (χ0n) is 18.0. The molecule has 2 aromatic rings. The van der Waals surface area contributed by atoms with E-state index in [1.54, 1.807) is 24.5 Å². The first kappa shape index (κ1) is 21.0. The first-order chi connectivity index (χ1) is 13.5. The van der Waals surface area contributed by atoms with Gasteiger partial charge in [-0.2, -0.15) is 0 Å². The molecule has 0 unspecified atom stereocenters. The lowest BCUT2D eigenvalue weighted by Crippen LogP contribution is -2.61. The van der Waals surface area contributed by atoms with Gasteiger partial charge >= 0.3 is 0 Å². The number of benzene rings is 1. The van der Waals surface area contributed by atoms with E-state index in [0.29, 0.717) is 23.1 Å². The van der Waals surface area contributed by atoms with Crippen LogP contribution in [0.4, 0.5) is 0 Å². The van der Waals surface area contributed by atoms with Crippen molar-refractivity contribution in [2.75, 3.05) is 7.05 Å². The van der Waals surface area contributed by atoms with Crippen LogP contribution in [0.3, 0.4) is 0 Å².